The number of anilines is 3. The largest absolute Gasteiger partial charge is 0.456 e. The Morgan fingerprint density at radius 2 is 1.48 bits per heavy atom. The zero-order chi connectivity index (χ0) is 44.4. The number of furan rings is 1. The normalized spacial score (nSPS) is 15.7. The van der Waals surface area contributed by atoms with E-state index in [4.69, 9.17) is 14.4 Å². The zero-order valence-corrected chi connectivity index (χ0v) is 38.0. The highest BCUT2D eigenvalue weighted by molar-refractivity contribution is 7.99. The van der Waals surface area contributed by atoms with Crippen molar-refractivity contribution in [2.24, 2.45) is 20.9 Å². The molecule has 66 heavy (non-hydrogen) atoms. The van der Waals surface area contributed by atoms with Crippen LogP contribution < -0.4 is 15.5 Å². The number of para-hydroxylation sites is 1. The van der Waals surface area contributed by atoms with Crippen molar-refractivity contribution >= 4 is 102 Å². The van der Waals surface area contributed by atoms with E-state index < -0.39 is 0 Å². The molecule has 11 rings (SSSR count). The van der Waals surface area contributed by atoms with Gasteiger partial charge in [0.05, 0.1) is 17.9 Å². The van der Waals surface area contributed by atoms with Crippen LogP contribution >= 0.6 is 23.1 Å². The molecule has 0 spiro atoms. The van der Waals surface area contributed by atoms with Crippen molar-refractivity contribution in [3.63, 3.8) is 0 Å². The fraction of sp³-hybridized carbons (Fsp3) is 0.0678. The molecule has 0 saturated carbocycles. The van der Waals surface area contributed by atoms with Crippen LogP contribution in [0.4, 0.5) is 17.1 Å². The maximum atomic E-state index is 6.59. The summed E-state index contributed by atoms with van der Waals surface area (Å²) in [4.78, 5) is 19.7. The van der Waals surface area contributed by atoms with Gasteiger partial charge in [-0.2, -0.15) is 0 Å². The molecule has 5 nitrogen and oxygen atoms in total. The maximum absolute atomic E-state index is 6.59. The lowest BCUT2D eigenvalue weighted by Crippen LogP contribution is -2.22. The molecule has 2 aliphatic rings. The van der Waals surface area contributed by atoms with Crippen molar-refractivity contribution in [1.82, 2.24) is 0 Å². The van der Waals surface area contributed by atoms with E-state index in [0.717, 1.165) is 50.4 Å². The van der Waals surface area contributed by atoms with Gasteiger partial charge >= 0.3 is 0 Å². The summed E-state index contributed by atoms with van der Waals surface area (Å²) < 4.78 is 9.10. The number of hydrogen-bond donors (Lipinski definition) is 0. The summed E-state index contributed by atoms with van der Waals surface area (Å²) >= 11 is 3.64. The molecule has 0 bridgehead atoms. The van der Waals surface area contributed by atoms with Gasteiger partial charge in [-0.1, -0.05) is 151 Å². The third-order valence-corrected chi connectivity index (χ3v) is 14.5. The van der Waals surface area contributed by atoms with Gasteiger partial charge in [-0.15, -0.1) is 11.3 Å². The van der Waals surface area contributed by atoms with Crippen LogP contribution in [0.15, 0.2) is 223 Å². The van der Waals surface area contributed by atoms with E-state index in [1.807, 2.05) is 54.3 Å². The third kappa shape index (κ3) is 7.97. The van der Waals surface area contributed by atoms with E-state index >= 15 is 0 Å². The Labute approximate surface area is 392 Å². The van der Waals surface area contributed by atoms with E-state index in [0.29, 0.717) is 18.2 Å². The van der Waals surface area contributed by atoms with Gasteiger partial charge in [0.25, 0.3) is 0 Å². The van der Waals surface area contributed by atoms with Crippen LogP contribution in [0.3, 0.4) is 0 Å². The van der Waals surface area contributed by atoms with Crippen LogP contribution in [0.25, 0.3) is 65.5 Å². The molecule has 0 saturated heterocycles. The first kappa shape index (κ1) is 41.1. The molecule has 0 N–H and O–H groups in total. The summed E-state index contributed by atoms with van der Waals surface area (Å²) in [6, 6.07) is 56.4. The highest BCUT2D eigenvalue weighted by Gasteiger charge is 2.25. The monoisotopic (exact) mass is 888 g/mol. The second kappa shape index (κ2) is 18.1. The fourth-order valence-electron chi connectivity index (χ4n) is 8.88. The number of amidine groups is 2. The highest BCUT2D eigenvalue weighted by Crippen LogP contribution is 2.52. The SMILES string of the molecule is C=NC(=NC(C=c1/c(=C\C=C/C)oc2ccc(-c3ccc(N4c5ccccc5Sc5cc(-c6ccccc6)ccc54)cc3)cc12)=NCc1cccc2c1sc1ccccc12)C1C=CC=CC1. The average molecular weight is 889 g/mol. The minimum atomic E-state index is -0.000682. The van der Waals surface area contributed by atoms with E-state index in [1.165, 1.54) is 52.5 Å². The van der Waals surface area contributed by atoms with Crippen LogP contribution in [-0.4, -0.2) is 18.4 Å². The molecule has 0 fully saturated rings. The van der Waals surface area contributed by atoms with Gasteiger partial charge in [-0.05, 0) is 115 Å². The Balaban J connectivity index is 1.00. The third-order valence-electron chi connectivity index (χ3n) is 12.2. The maximum Gasteiger partial charge on any atom is 0.150 e. The van der Waals surface area contributed by atoms with Gasteiger partial charge in [0, 0.05) is 52.2 Å². The first-order valence-electron chi connectivity index (χ1n) is 22.2. The minimum Gasteiger partial charge on any atom is -0.456 e. The molecule has 1 unspecified atom stereocenters. The number of aliphatic imine (C=N–C) groups is 3. The number of thiophene rings is 1. The van der Waals surface area contributed by atoms with E-state index in [9.17, 15) is 0 Å². The molecule has 318 valence electrons. The smallest absolute Gasteiger partial charge is 0.150 e. The number of rotatable bonds is 8. The van der Waals surface area contributed by atoms with E-state index in [2.05, 4.69) is 199 Å². The molecular weight excluding hydrogens is 845 g/mol. The number of fused-ring (bicyclic) bond motifs is 6. The van der Waals surface area contributed by atoms with Gasteiger partial charge in [0.1, 0.15) is 16.8 Å². The van der Waals surface area contributed by atoms with E-state index in [1.54, 1.807) is 0 Å². The van der Waals surface area contributed by atoms with Crippen molar-refractivity contribution < 1.29 is 4.42 Å². The highest BCUT2D eigenvalue weighted by atomic mass is 32.2. The molecule has 9 aromatic rings. The Hall–Kier alpha value is -7.58. The van der Waals surface area contributed by atoms with Crippen molar-refractivity contribution in [2.45, 2.75) is 29.7 Å². The molecule has 2 aromatic heterocycles. The summed E-state index contributed by atoms with van der Waals surface area (Å²) in [6.45, 7) is 6.41. The second-order valence-corrected chi connectivity index (χ2v) is 18.4. The van der Waals surface area contributed by atoms with Crippen LogP contribution in [0.1, 0.15) is 18.9 Å². The number of benzene rings is 7. The first-order chi connectivity index (χ1) is 32.6. The topological polar surface area (TPSA) is 53.5 Å². The molecule has 0 radical (unpaired) electrons. The fourth-order valence-corrected chi connectivity index (χ4v) is 11.2. The molecule has 1 atom stereocenters. The number of nitrogens with zero attached hydrogens (tertiary/aromatic N) is 4. The van der Waals surface area contributed by atoms with Crippen molar-refractivity contribution in [1.29, 1.82) is 0 Å². The molecule has 3 heterocycles. The molecule has 0 amide bonds. The summed E-state index contributed by atoms with van der Waals surface area (Å²) in [5.41, 5.74) is 10.7. The molecule has 7 heteroatoms. The first-order valence-corrected chi connectivity index (χ1v) is 23.8. The van der Waals surface area contributed by atoms with Gasteiger partial charge in [-0.25, -0.2) is 9.98 Å². The number of allylic oxidation sites excluding steroid dienone is 5. The van der Waals surface area contributed by atoms with Gasteiger partial charge in [0.2, 0.25) is 0 Å². The standard InChI is InChI=1S/C59H44N4OS2/c1-3-4-24-52-49(37-57(62-59(60-2)41-18-9-6-10-19-41)61-38-44-20-15-22-47-46-21-11-13-25-54(46)66-58(44)47)48-35-42(30-34-53(48)64-52)40-27-31-45(32-28-40)63-50-23-12-14-26-55(50)65-56-36-43(29-33-51(56)63)39-16-7-5-8-17-39/h3-18,20-37,41H,2,19,38H2,1H3/b4-3-,49-37?,52-24+,61-57?,62-59?. The molecule has 1 aliphatic carbocycles. The average Bonchev–Trinajstić information content (AvgIpc) is 3.93. The molecule has 7 aromatic carbocycles. The van der Waals surface area contributed by atoms with Crippen LogP contribution in [0.2, 0.25) is 0 Å². The van der Waals surface area contributed by atoms with Gasteiger partial charge in [0.15, 0.2) is 5.84 Å². The lowest BCUT2D eigenvalue weighted by Gasteiger charge is -2.33. The van der Waals surface area contributed by atoms with Crippen molar-refractivity contribution in [3.05, 3.63) is 210 Å². The van der Waals surface area contributed by atoms with Gasteiger partial charge in [-0.3, -0.25) is 4.99 Å². The predicted octanol–water partition coefficient (Wildman–Crippen LogP) is 15.0. The Bertz CT molecular complexity index is 3610. The summed E-state index contributed by atoms with van der Waals surface area (Å²) in [5.74, 6) is 1.19. The summed E-state index contributed by atoms with van der Waals surface area (Å²) in [7, 11) is 0. The minimum absolute atomic E-state index is 0.000682. The van der Waals surface area contributed by atoms with Crippen LogP contribution in [0, 0.1) is 5.92 Å². The quantitative estimate of drug-likeness (QED) is 0.113. The van der Waals surface area contributed by atoms with Crippen LogP contribution in [-0.2, 0) is 6.54 Å². The predicted molar refractivity (Wildman–Crippen MR) is 283 cm³/mol. The lowest BCUT2D eigenvalue weighted by atomic mass is 10.00. The Kier molecular flexibility index (Phi) is 11.3. The Morgan fingerprint density at radius 3 is 2.33 bits per heavy atom. The summed E-state index contributed by atoms with van der Waals surface area (Å²) in [5, 5.41) is 4.39. The lowest BCUT2D eigenvalue weighted by molar-refractivity contribution is 0.576. The molecule has 1 aliphatic heterocycles. The summed E-state index contributed by atoms with van der Waals surface area (Å²) in [6.07, 6.45) is 17.2. The van der Waals surface area contributed by atoms with Crippen molar-refractivity contribution in [2.75, 3.05) is 4.90 Å². The zero-order valence-electron chi connectivity index (χ0n) is 36.3. The van der Waals surface area contributed by atoms with E-state index in [-0.39, 0.29) is 5.92 Å². The number of hydrogen-bond acceptors (Lipinski definition) is 5. The van der Waals surface area contributed by atoms with Gasteiger partial charge < -0.3 is 9.32 Å². The Morgan fingerprint density at radius 1 is 0.727 bits per heavy atom. The molecular formula is C59H44N4OS2. The second-order valence-electron chi connectivity index (χ2n) is 16.3. The van der Waals surface area contributed by atoms with Crippen LogP contribution in [0.5, 0.6) is 0 Å². The van der Waals surface area contributed by atoms with Crippen molar-refractivity contribution in [3.8, 4) is 22.3 Å².